The zero-order valence-corrected chi connectivity index (χ0v) is 37.6. The molecule has 0 bridgehead atoms. The Hall–Kier alpha value is -0.300. The van der Waals surface area contributed by atoms with E-state index in [1.54, 1.807) is 0 Å². The number of hydrogen-bond acceptors (Lipinski definition) is 1. The molecule has 53 heavy (non-hydrogen) atoms. The fraction of sp³-hybridized carbons (Fsp3) is 0.962. The van der Waals surface area contributed by atoms with Crippen LogP contribution in [0.15, 0.2) is 12.2 Å². The van der Waals surface area contributed by atoms with Gasteiger partial charge >= 0.3 is 0 Å². The molecule has 1 heteroatoms. The molecule has 318 valence electrons. The zero-order chi connectivity index (χ0) is 38.4. The Kier molecular flexibility index (Phi) is 45.8. The molecule has 1 N–H and O–H groups in total. The molecule has 0 aliphatic rings. The Morgan fingerprint density at radius 2 is 0.415 bits per heavy atom. The van der Waals surface area contributed by atoms with Gasteiger partial charge in [0.1, 0.15) is 0 Å². The maximum Gasteiger partial charge on any atom is 0.0647 e. The van der Waals surface area contributed by atoms with Gasteiger partial charge in [-0.1, -0.05) is 283 Å². The van der Waals surface area contributed by atoms with Crippen molar-refractivity contribution in [3.63, 3.8) is 0 Å². The fourth-order valence-corrected chi connectivity index (χ4v) is 8.55. The minimum absolute atomic E-state index is 0.394. The highest BCUT2D eigenvalue weighted by Crippen LogP contribution is 2.29. The van der Waals surface area contributed by atoms with Gasteiger partial charge in [-0.05, 0) is 44.9 Å². The maximum atomic E-state index is 11.8. The van der Waals surface area contributed by atoms with Gasteiger partial charge in [0.2, 0.25) is 0 Å². The van der Waals surface area contributed by atoms with E-state index in [1.165, 1.54) is 276 Å². The van der Waals surface area contributed by atoms with Gasteiger partial charge in [0, 0.05) is 0 Å². The fourth-order valence-electron chi connectivity index (χ4n) is 8.55. The van der Waals surface area contributed by atoms with E-state index in [0.717, 1.165) is 19.3 Å². The van der Waals surface area contributed by atoms with Crippen LogP contribution in [0.4, 0.5) is 0 Å². The lowest BCUT2D eigenvalue weighted by molar-refractivity contribution is 0.00704. The van der Waals surface area contributed by atoms with E-state index in [9.17, 15) is 5.11 Å². The first kappa shape index (κ1) is 52.7. The van der Waals surface area contributed by atoms with Crippen LogP contribution in [0.25, 0.3) is 0 Å². The summed E-state index contributed by atoms with van der Waals surface area (Å²) in [5, 5.41) is 11.8. The van der Waals surface area contributed by atoms with E-state index in [2.05, 4.69) is 32.9 Å². The number of allylic oxidation sites excluding steroid dienone is 2. The van der Waals surface area contributed by atoms with Gasteiger partial charge in [-0.2, -0.15) is 0 Å². The van der Waals surface area contributed by atoms with Crippen LogP contribution in [0.5, 0.6) is 0 Å². The van der Waals surface area contributed by atoms with Gasteiger partial charge < -0.3 is 5.11 Å². The summed E-state index contributed by atoms with van der Waals surface area (Å²) in [5.41, 5.74) is -0.394. The molecule has 0 saturated heterocycles. The number of hydrogen-bond donors (Lipinski definition) is 1. The molecular weight excluding hydrogens is 641 g/mol. The maximum absolute atomic E-state index is 11.8. The average Bonchev–Trinajstić information content (AvgIpc) is 3.16. The summed E-state index contributed by atoms with van der Waals surface area (Å²) in [6.07, 6.45) is 67.9. The van der Waals surface area contributed by atoms with Crippen molar-refractivity contribution < 1.29 is 5.11 Å². The largest absolute Gasteiger partial charge is 0.390 e. The second kappa shape index (κ2) is 46.1. The van der Waals surface area contributed by atoms with E-state index in [1.807, 2.05) is 0 Å². The SMILES string of the molecule is CCCCCCCC/C=C\CCCCCCCCC(O)(CCCCCCCCCCCCCCCC)CCCCCCCCCCCCCCCCC. The monoisotopic (exact) mass is 745 g/mol. The van der Waals surface area contributed by atoms with Crippen molar-refractivity contribution in [2.45, 2.75) is 322 Å². The molecule has 1 nitrogen and oxygen atoms in total. The summed E-state index contributed by atoms with van der Waals surface area (Å²) in [5.74, 6) is 0. The summed E-state index contributed by atoms with van der Waals surface area (Å²) < 4.78 is 0. The molecule has 0 fully saturated rings. The summed E-state index contributed by atoms with van der Waals surface area (Å²) in [4.78, 5) is 0. The van der Waals surface area contributed by atoms with Gasteiger partial charge in [-0.25, -0.2) is 0 Å². The lowest BCUT2D eigenvalue weighted by Crippen LogP contribution is -2.28. The van der Waals surface area contributed by atoms with Crippen LogP contribution in [0.1, 0.15) is 316 Å². The Morgan fingerprint density at radius 3 is 0.623 bits per heavy atom. The molecule has 1 atom stereocenters. The van der Waals surface area contributed by atoms with Crippen molar-refractivity contribution in [3.05, 3.63) is 12.2 Å². The Balaban J connectivity index is 4.11. The first-order valence-electron chi connectivity index (χ1n) is 25.6. The summed E-state index contributed by atoms with van der Waals surface area (Å²) in [6.45, 7) is 6.92. The molecule has 1 unspecified atom stereocenters. The molecule has 0 aliphatic heterocycles. The standard InChI is InChI=1S/C52H104O/c1-4-7-10-13-16-19-22-25-28-30-33-36-39-42-45-48-51-52(53,49-46-43-40-37-34-31-27-24-21-18-15-12-9-6-3)50-47-44-41-38-35-32-29-26-23-20-17-14-11-8-5-2/h25,28,53H,4-24,26-27,29-51H2,1-3H3/b28-25-. The highest BCUT2D eigenvalue weighted by molar-refractivity contribution is 4.81. The minimum atomic E-state index is -0.394. The van der Waals surface area contributed by atoms with Crippen molar-refractivity contribution in [2.75, 3.05) is 0 Å². The van der Waals surface area contributed by atoms with E-state index >= 15 is 0 Å². The normalized spacial score (nSPS) is 13.1. The summed E-state index contributed by atoms with van der Waals surface area (Å²) >= 11 is 0. The molecule has 0 aromatic heterocycles. The molecule has 0 radical (unpaired) electrons. The average molecular weight is 745 g/mol. The van der Waals surface area contributed by atoms with Crippen LogP contribution in [0.3, 0.4) is 0 Å². The number of rotatable bonds is 47. The third-order valence-electron chi connectivity index (χ3n) is 12.4. The zero-order valence-electron chi connectivity index (χ0n) is 37.6. The van der Waals surface area contributed by atoms with Gasteiger partial charge in [0.15, 0.2) is 0 Å². The van der Waals surface area contributed by atoms with Crippen molar-refractivity contribution in [2.24, 2.45) is 0 Å². The van der Waals surface area contributed by atoms with Crippen molar-refractivity contribution in [1.29, 1.82) is 0 Å². The molecule has 0 saturated carbocycles. The molecule has 0 spiro atoms. The second-order valence-corrected chi connectivity index (χ2v) is 18.0. The third kappa shape index (κ3) is 44.3. The summed E-state index contributed by atoms with van der Waals surface area (Å²) in [6, 6.07) is 0. The molecular formula is C52H104O. The van der Waals surface area contributed by atoms with E-state index in [-0.39, 0.29) is 0 Å². The highest BCUT2D eigenvalue weighted by Gasteiger charge is 2.25. The predicted octanol–water partition coefficient (Wildman–Crippen LogP) is 19.3. The lowest BCUT2D eigenvalue weighted by atomic mass is 9.85. The number of aliphatic hydroxyl groups is 1. The Morgan fingerprint density at radius 1 is 0.245 bits per heavy atom. The third-order valence-corrected chi connectivity index (χ3v) is 12.4. The van der Waals surface area contributed by atoms with Crippen molar-refractivity contribution in [3.8, 4) is 0 Å². The minimum Gasteiger partial charge on any atom is -0.390 e. The van der Waals surface area contributed by atoms with Crippen LogP contribution < -0.4 is 0 Å². The summed E-state index contributed by atoms with van der Waals surface area (Å²) in [7, 11) is 0. The van der Waals surface area contributed by atoms with E-state index in [4.69, 9.17) is 0 Å². The van der Waals surface area contributed by atoms with Crippen LogP contribution in [-0.2, 0) is 0 Å². The van der Waals surface area contributed by atoms with Crippen LogP contribution >= 0.6 is 0 Å². The molecule has 0 aromatic rings. The van der Waals surface area contributed by atoms with Crippen LogP contribution in [-0.4, -0.2) is 10.7 Å². The predicted molar refractivity (Wildman–Crippen MR) is 243 cm³/mol. The van der Waals surface area contributed by atoms with Crippen molar-refractivity contribution >= 4 is 0 Å². The number of unbranched alkanes of at least 4 members (excludes halogenated alkanes) is 39. The van der Waals surface area contributed by atoms with Gasteiger partial charge in [-0.3, -0.25) is 0 Å². The topological polar surface area (TPSA) is 20.2 Å². The Bertz CT molecular complexity index is 668. The van der Waals surface area contributed by atoms with Crippen molar-refractivity contribution in [1.82, 2.24) is 0 Å². The van der Waals surface area contributed by atoms with E-state index in [0.29, 0.717) is 0 Å². The smallest absolute Gasteiger partial charge is 0.0647 e. The van der Waals surface area contributed by atoms with Gasteiger partial charge in [0.05, 0.1) is 5.60 Å². The molecule has 0 aliphatic carbocycles. The second-order valence-electron chi connectivity index (χ2n) is 18.0. The van der Waals surface area contributed by atoms with Gasteiger partial charge in [-0.15, -0.1) is 0 Å². The first-order valence-corrected chi connectivity index (χ1v) is 25.6. The molecule has 0 rings (SSSR count). The van der Waals surface area contributed by atoms with Crippen LogP contribution in [0, 0.1) is 0 Å². The Labute approximate surface area is 337 Å². The molecule has 0 heterocycles. The molecule has 0 aromatic carbocycles. The first-order chi connectivity index (χ1) is 26.2. The quantitative estimate of drug-likeness (QED) is 0.0486. The van der Waals surface area contributed by atoms with Crippen LogP contribution in [0.2, 0.25) is 0 Å². The van der Waals surface area contributed by atoms with Gasteiger partial charge in [0.25, 0.3) is 0 Å². The lowest BCUT2D eigenvalue weighted by Gasteiger charge is -2.29. The molecule has 0 amide bonds. The highest BCUT2D eigenvalue weighted by atomic mass is 16.3. The van der Waals surface area contributed by atoms with E-state index < -0.39 is 5.60 Å².